The van der Waals surface area contributed by atoms with Gasteiger partial charge in [-0.1, -0.05) is 6.07 Å². The molecule has 0 unspecified atom stereocenters. The maximum absolute atomic E-state index is 13.0. The fraction of sp³-hybridized carbons (Fsp3) is 0.130. The van der Waals surface area contributed by atoms with Crippen molar-refractivity contribution >= 4 is 17.4 Å². The predicted molar refractivity (Wildman–Crippen MR) is 108 cm³/mol. The van der Waals surface area contributed by atoms with E-state index >= 15 is 0 Å². The van der Waals surface area contributed by atoms with E-state index in [-0.39, 0.29) is 11.7 Å². The van der Waals surface area contributed by atoms with Gasteiger partial charge in [-0.05, 0) is 67.6 Å². The van der Waals surface area contributed by atoms with E-state index in [0.717, 1.165) is 0 Å². The van der Waals surface area contributed by atoms with Crippen LogP contribution in [0.15, 0.2) is 72.8 Å². The van der Waals surface area contributed by atoms with E-state index in [1.54, 1.807) is 62.6 Å². The zero-order chi connectivity index (χ0) is 20.8. The molecule has 0 bridgehead atoms. The maximum Gasteiger partial charge on any atom is 0.265 e. The SMILES string of the molecule is COc1cccc(NC(=O)[C@H](C)Oc2ccc(C(=O)c3ccc(F)cc3)cc2)c1. The molecule has 0 saturated carbocycles. The summed E-state index contributed by atoms with van der Waals surface area (Å²) in [6.07, 6.45) is -0.750. The Kier molecular flexibility index (Phi) is 6.24. The molecule has 3 rings (SSSR count). The molecule has 3 aromatic rings. The summed E-state index contributed by atoms with van der Waals surface area (Å²) in [5, 5.41) is 2.76. The van der Waals surface area contributed by atoms with Crippen LogP contribution in [0.4, 0.5) is 10.1 Å². The van der Waals surface area contributed by atoms with Gasteiger partial charge in [0.15, 0.2) is 11.9 Å². The minimum Gasteiger partial charge on any atom is -0.497 e. The molecule has 0 spiro atoms. The van der Waals surface area contributed by atoms with Gasteiger partial charge in [-0.3, -0.25) is 9.59 Å². The highest BCUT2D eigenvalue weighted by atomic mass is 19.1. The van der Waals surface area contributed by atoms with Crippen LogP contribution in [0.25, 0.3) is 0 Å². The van der Waals surface area contributed by atoms with Crippen LogP contribution in [-0.2, 0) is 4.79 Å². The summed E-state index contributed by atoms with van der Waals surface area (Å²) in [7, 11) is 1.55. The first kappa shape index (κ1) is 20.1. The van der Waals surface area contributed by atoms with Crippen molar-refractivity contribution in [2.75, 3.05) is 12.4 Å². The average molecular weight is 393 g/mol. The van der Waals surface area contributed by atoms with Crippen LogP contribution in [0.2, 0.25) is 0 Å². The van der Waals surface area contributed by atoms with Crippen molar-refractivity contribution in [3.05, 3.63) is 89.7 Å². The Bertz CT molecular complexity index is 1000. The molecular formula is C23H20FNO4. The van der Waals surface area contributed by atoms with Gasteiger partial charge in [0.25, 0.3) is 5.91 Å². The highest BCUT2D eigenvalue weighted by Gasteiger charge is 2.16. The lowest BCUT2D eigenvalue weighted by molar-refractivity contribution is -0.122. The fourth-order valence-electron chi connectivity index (χ4n) is 2.66. The first-order valence-electron chi connectivity index (χ1n) is 8.98. The molecule has 0 aromatic heterocycles. The number of halogens is 1. The smallest absolute Gasteiger partial charge is 0.265 e. The molecular weight excluding hydrogens is 373 g/mol. The molecule has 1 N–H and O–H groups in total. The van der Waals surface area contributed by atoms with E-state index in [0.29, 0.717) is 28.3 Å². The van der Waals surface area contributed by atoms with Gasteiger partial charge >= 0.3 is 0 Å². The molecule has 6 heteroatoms. The van der Waals surface area contributed by atoms with Gasteiger partial charge in [0.2, 0.25) is 0 Å². The third-order valence-electron chi connectivity index (χ3n) is 4.24. The molecule has 1 atom stereocenters. The van der Waals surface area contributed by atoms with Crippen molar-refractivity contribution in [3.63, 3.8) is 0 Å². The van der Waals surface area contributed by atoms with Crippen LogP contribution in [0, 0.1) is 5.82 Å². The lowest BCUT2D eigenvalue weighted by atomic mass is 10.0. The van der Waals surface area contributed by atoms with Crippen LogP contribution in [0.3, 0.4) is 0 Å². The largest absolute Gasteiger partial charge is 0.497 e. The lowest BCUT2D eigenvalue weighted by Crippen LogP contribution is -2.30. The number of hydrogen-bond donors (Lipinski definition) is 1. The molecule has 0 fully saturated rings. The topological polar surface area (TPSA) is 64.6 Å². The Hall–Kier alpha value is -3.67. The Morgan fingerprint density at radius 3 is 2.14 bits per heavy atom. The lowest BCUT2D eigenvalue weighted by Gasteiger charge is -2.15. The van der Waals surface area contributed by atoms with Crippen molar-refractivity contribution in [2.24, 2.45) is 0 Å². The molecule has 1 amide bonds. The molecule has 3 aromatic carbocycles. The number of rotatable bonds is 7. The van der Waals surface area contributed by atoms with Crippen molar-refractivity contribution in [2.45, 2.75) is 13.0 Å². The Morgan fingerprint density at radius 2 is 1.52 bits per heavy atom. The summed E-state index contributed by atoms with van der Waals surface area (Å²) in [6.45, 7) is 1.63. The highest BCUT2D eigenvalue weighted by molar-refractivity contribution is 6.09. The molecule has 0 saturated heterocycles. The molecule has 0 radical (unpaired) electrons. The van der Waals surface area contributed by atoms with Crippen molar-refractivity contribution < 1.29 is 23.5 Å². The van der Waals surface area contributed by atoms with E-state index in [1.807, 2.05) is 0 Å². The van der Waals surface area contributed by atoms with Gasteiger partial charge in [0, 0.05) is 22.9 Å². The van der Waals surface area contributed by atoms with Crippen molar-refractivity contribution in [1.29, 1.82) is 0 Å². The number of ether oxygens (including phenoxy) is 2. The summed E-state index contributed by atoms with van der Waals surface area (Å²) >= 11 is 0. The highest BCUT2D eigenvalue weighted by Crippen LogP contribution is 2.19. The third-order valence-corrected chi connectivity index (χ3v) is 4.24. The molecule has 0 heterocycles. The number of nitrogens with one attached hydrogen (secondary N) is 1. The van der Waals surface area contributed by atoms with Gasteiger partial charge in [0.05, 0.1) is 7.11 Å². The van der Waals surface area contributed by atoms with Crippen LogP contribution in [-0.4, -0.2) is 24.9 Å². The summed E-state index contributed by atoms with van der Waals surface area (Å²) in [5.74, 6) is 0.156. The predicted octanol–water partition coefficient (Wildman–Crippen LogP) is 4.47. The average Bonchev–Trinajstić information content (AvgIpc) is 2.74. The Labute approximate surface area is 168 Å². The number of amides is 1. The number of carbonyl (C=O) groups is 2. The molecule has 148 valence electrons. The van der Waals surface area contributed by atoms with Crippen LogP contribution >= 0.6 is 0 Å². The second kappa shape index (κ2) is 9.01. The maximum atomic E-state index is 13.0. The minimum absolute atomic E-state index is 0.222. The zero-order valence-corrected chi connectivity index (χ0v) is 16.0. The second-order valence-electron chi connectivity index (χ2n) is 6.34. The number of carbonyl (C=O) groups excluding carboxylic acids is 2. The third kappa shape index (κ3) is 5.19. The Morgan fingerprint density at radius 1 is 0.897 bits per heavy atom. The van der Waals surface area contributed by atoms with Gasteiger partial charge in [0.1, 0.15) is 17.3 Å². The van der Waals surface area contributed by atoms with Crippen LogP contribution < -0.4 is 14.8 Å². The second-order valence-corrected chi connectivity index (χ2v) is 6.34. The summed E-state index contributed by atoms with van der Waals surface area (Å²) in [6, 6.07) is 18.8. The van der Waals surface area contributed by atoms with E-state index in [2.05, 4.69) is 5.32 Å². The number of ketones is 1. The van der Waals surface area contributed by atoms with E-state index in [1.165, 1.54) is 24.3 Å². The van der Waals surface area contributed by atoms with Gasteiger partial charge in [-0.25, -0.2) is 4.39 Å². The molecule has 5 nitrogen and oxygen atoms in total. The quantitative estimate of drug-likeness (QED) is 0.602. The molecule has 0 aliphatic heterocycles. The standard InChI is InChI=1S/C23H20FNO4/c1-15(23(27)25-19-4-3-5-21(14-19)28-2)29-20-12-8-17(9-13-20)22(26)16-6-10-18(24)11-7-16/h3-15H,1-2H3,(H,25,27)/t15-/m0/s1. The summed E-state index contributed by atoms with van der Waals surface area (Å²) in [4.78, 5) is 24.8. The molecule has 0 aliphatic carbocycles. The number of methoxy groups -OCH3 is 1. The van der Waals surface area contributed by atoms with Crippen molar-refractivity contribution in [3.8, 4) is 11.5 Å². The van der Waals surface area contributed by atoms with Crippen LogP contribution in [0.5, 0.6) is 11.5 Å². The van der Waals surface area contributed by atoms with Gasteiger partial charge in [-0.15, -0.1) is 0 Å². The summed E-state index contributed by atoms with van der Waals surface area (Å²) < 4.78 is 23.8. The molecule has 0 aliphatic rings. The van der Waals surface area contributed by atoms with E-state index in [4.69, 9.17) is 9.47 Å². The number of anilines is 1. The number of hydrogen-bond acceptors (Lipinski definition) is 4. The minimum atomic E-state index is -0.750. The first-order valence-corrected chi connectivity index (χ1v) is 8.98. The van der Waals surface area contributed by atoms with E-state index in [9.17, 15) is 14.0 Å². The first-order chi connectivity index (χ1) is 14.0. The fourth-order valence-corrected chi connectivity index (χ4v) is 2.66. The normalized spacial score (nSPS) is 11.4. The number of benzene rings is 3. The van der Waals surface area contributed by atoms with Crippen LogP contribution in [0.1, 0.15) is 22.8 Å². The monoisotopic (exact) mass is 393 g/mol. The Balaban J connectivity index is 1.61. The van der Waals surface area contributed by atoms with E-state index < -0.39 is 11.9 Å². The zero-order valence-electron chi connectivity index (χ0n) is 16.0. The van der Waals surface area contributed by atoms with Gasteiger partial charge < -0.3 is 14.8 Å². The van der Waals surface area contributed by atoms with Gasteiger partial charge in [-0.2, -0.15) is 0 Å². The summed E-state index contributed by atoms with van der Waals surface area (Å²) in [5.41, 5.74) is 1.44. The van der Waals surface area contributed by atoms with Crippen molar-refractivity contribution in [1.82, 2.24) is 0 Å². The molecule has 29 heavy (non-hydrogen) atoms.